The zero-order valence-electron chi connectivity index (χ0n) is 9.70. The average molecular weight is 360 g/mol. The van der Waals surface area contributed by atoms with Gasteiger partial charge in [-0.3, -0.25) is 4.79 Å². The Bertz CT molecular complexity index is 614. The van der Waals surface area contributed by atoms with E-state index < -0.39 is 5.24 Å². The third-order valence-corrected chi connectivity index (χ3v) is 3.45. The zero-order chi connectivity index (χ0) is 13.8. The Hall–Kier alpha value is -1.03. The number of carbonyl (C=O) groups excluding carboxylic acids is 1. The summed E-state index contributed by atoms with van der Waals surface area (Å²) in [7, 11) is 0. The Morgan fingerprint density at radius 1 is 1.21 bits per heavy atom. The molecule has 0 aliphatic carbocycles. The van der Waals surface area contributed by atoms with Gasteiger partial charge >= 0.3 is 0 Å². The van der Waals surface area contributed by atoms with Crippen LogP contribution in [0.3, 0.4) is 0 Å². The van der Waals surface area contributed by atoms with Gasteiger partial charge in [-0.1, -0.05) is 39.7 Å². The highest BCUT2D eigenvalue weighted by Crippen LogP contribution is 2.27. The van der Waals surface area contributed by atoms with E-state index in [0.29, 0.717) is 22.9 Å². The van der Waals surface area contributed by atoms with E-state index in [9.17, 15) is 4.79 Å². The van der Waals surface area contributed by atoms with Crippen molar-refractivity contribution < 1.29 is 9.53 Å². The molecule has 2 aromatic carbocycles. The van der Waals surface area contributed by atoms with Crippen LogP contribution in [0.15, 0.2) is 46.9 Å². The van der Waals surface area contributed by atoms with Crippen LogP contribution in [0.4, 0.5) is 0 Å². The highest BCUT2D eigenvalue weighted by atomic mass is 79.9. The maximum absolute atomic E-state index is 11.0. The van der Waals surface area contributed by atoms with Crippen LogP contribution in [0.2, 0.25) is 5.02 Å². The molecule has 2 rings (SSSR count). The van der Waals surface area contributed by atoms with Gasteiger partial charge < -0.3 is 4.74 Å². The fraction of sp³-hybridized carbons (Fsp3) is 0.0714. The van der Waals surface area contributed by atoms with Gasteiger partial charge in [-0.25, -0.2) is 0 Å². The molecular formula is C14H9BrCl2O2. The summed E-state index contributed by atoms with van der Waals surface area (Å²) in [6.45, 7) is 0.396. The number of ether oxygens (including phenoxy) is 1. The molecule has 0 radical (unpaired) electrons. The number of rotatable bonds is 4. The number of hydrogen-bond acceptors (Lipinski definition) is 2. The molecule has 0 amide bonds. The number of hydrogen-bond donors (Lipinski definition) is 0. The average Bonchev–Trinajstić information content (AvgIpc) is 2.37. The van der Waals surface area contributed by atoms with Gasteiger partial charge in [0.15, 0.2) is 0 Å². The molecule has 98 valence electrons. The van der Waals surface area contributed by atoms with Crippen molar-refractivity contribution in [1.29, 1.82) is 0 Å². The fourth-order valence-electron chi connectivity index (χ4n) is 1.53. The van der Waals surface area contributed by atoms with Crippen LogP contribution in [0.25, 0.3) is 0 Å². The highest BCUT2D eigenvalue weighted by Gasteiger charge is 2.07. The van der Waals surface area contributed by atoms with Gasteiger partial charge in [0.25, 0.3) is 5.24 Å². The molecule has 0 aromatic heterocycles. The molecule has 0 N–H and O–H groups in total. The number of halogens is 3. The van der Waals surface area contributed by atoms with Crippen LogP contribution in [0.5, 0.6) is 5.75 Å². The molecule has 0 saturated carbocycles. The largest absolute Gasteiger partial charge is 0.487 e. The van der Waals surface area contributed by atoms with Crippen LogP contribution in [0, 0.1) is 0 Å². The van der Waals surface area contributed by atoms with Crippen molar-refractivity contribution in [3.63, 3.8) is 0 Å². The minimum Gasteiger partial charge on any atom is -0.487 e. The van der Waals surface area contributed by atoms with Gasteiger partial charge in [0.2, 0.25) is 0 Å². The lowest BCUT2D eigenvalue weighted by molar-refractivity contribution is 0.108. The second-order valence-corrected chi connectivity index (χ2v) is 5.50. The molecule has 0 bridgehead atoms. The predicted molar refractivity (Wildman–Crippen MR) is 80.1 cm³/mol. The van der Waals surface area contributed by atoms with E-state index in [1.807, 2.05) is 24.3 Å². The van der Waals surface area contributed by atoms with E-state index in [-0.39, 0.29) is 0 Å². The van der Waals surface area contributed by atoms with E-state index in [1.165, 1.54) is 6.07 Å². The smallest absolute Gasteiger partial charge is 0.252 e. The van der Waals surface area contributed by atoms with Crippen molar-refractivity contribution in [2.24, 2.45) is 0 Å². The fourth-order valence-corrected chi connectivity index (χ4v) is 2.33. The first-order valence-corrected chi connectivity index (χ1v) is 6.98. The van der Waals surface area contributed by atoms with Crippen LogP contribution < -0.4 is 4.74 Å². The second kappa shape index (κ2) is 6.42. The Balaban J connectivity index is 2.10. The van der Waals surface area contributed by atoms with Crippen LogP contribution in [-0.4, -0.2) is 5.24 Å². The van der Waals surface area contributed by atoms with Gasteiger partial charge in [-0.05, 0) is 47.5 Å². The van der Waals surface area contributed by atoms with Crippen LogP contribution >= 0.6 is 39.1 Å². The summed E-state index contributed by atoms with van der Waals surface area (Å²) in [5, 5.41) is -0.179. The summed E-state index contributed by atoms with van der Waals surface area (Å²) < 4.78 is 6.59. The molecule has 2 aromatic rings. The van der Waals surface area contributed by atoms with Gasteiger partial charge in [0.05, 0.1) is 5.02 Å². The van der Waals surface area contributed by atoms with Crippen molar-refractivity contribution >= 4 is 44.4 Å². The molecule has 5 heteroatoms. The lowest BCUT2D eigenvalue weighted by Crippen LogP contribution is -1.97. The number of benzene rings is 2. The minimum absolute atomic E-state index is 0.349. The van der Waals surface area contributed by atoms with Crippen molar-refractivity contribution in [2.75, 3.05) is 0 Å². The SMILES string of the molecule is O=C(Cl)c1ccc(OCc2cccc(Br)c2)c(Cl)c1. The molecule has 0 atom stereocenters. The summed E-state index contributed by atoms with van der Waals surface area (Å²) in [5.41, 5.74) is 1.37. The first kappa shape index (κ1) is 14.4. The quantitative estimate of drug-likeness (QED) is 0.713. The number of carbonyl (C=O) groups is 1. The second-order valence-electron chi connectivity index (χ2n) is 3.84. The van der Waals surface area contributed by atoms with Crippen LogP contribution in [-0.2, 0) is 6.61 Å². The molecule has 0 spiro atoms. The molecule has 0 fully saturated rings. The lowest BCUT2D eigenvalue weighted by Gasteiger charge is -2.09. The molecule has 0 aliphatic rings. The summed E-state index contributed by atoms with van der Waals surface area (Å²) >= 11 is 14.8. The van der Waals surface area contributed by atoms with Gasteiger partial charge in [0.1, 0.15) is 12.4 Å². The zero-order valence-corrected chi connectivity index (χ0v) is 12.8. The predicted octanol–water partition coefficient (Wildman–Crippen LogP) is 5.06. The molecule has 0 aliphatic heterocycles. The minimum atomic E-state index is -0.541. The van der Waals surface area contributed by atoms with E-state index in [2.05, 4.69) is 15.9 Å². The molecule has 0 heterocycles. The summed E-state index contributed by atoms with van der Waals surface area (Å²) in [6, 6.07) is 12.5. The van der Waals surface area contributed by atoms with Gasteiger partial charge in [-0.15, -0.1) is 0 Å². The Kier molecular flexibility index (Phi) is 4.86. The molecule has 2 nitrogen and oxygen atoms in total. The van der Waals surface area contributed by atoms with Crippen LogP contribution in [0.1, 0.15) is 15.9 Å². The Labute approximate surface area is 129 Å². The van der Waals surface area contributed by atoms with Crippen molar-refractivity contribution in [1.82, 2.24) is 0 Å². The lowest BCUT2D eigenvalue weighted by atomic mass is 10.2. The Morgan fingerprint density at radius 2 is 2.00 bits per heavy atom. The highest BCUT2D eigenvalue weighted by molar-refractivity contribution is 9.10. The molecular weight excluding hydrogens is 351 g/mol. The third-order valence-electron chi connectivity index (χ3n) is 2.44. The Morgan fingerprint density at radius 3 is 2.63 bits per heavy atom. The van der Waals surface area contributed by atoms with E-state index in [4.69, 9.17) is 27.9 Å². The van der Waals surface area contributed by atoms with Crippen molar-refractivity contribution in [3.05, 3.63) is 63.1 Å². The standard InChI is InChI=1S/C14H9BrCl2O2/c15-11-3-1-2-9(6-11)8-19-13-5-4-10(14(17)18)7-12(13)16/h1-7H,8H2. The van der Waals surface area contributed by atoms with Crippen molar-refractivity contribution in [2.45, 2.75) is 6.61 Å². The monoisotopic (exact) mass is 358 g/mol. The van der Waals surface area contributed by atoms with E-state index in [1.54, 1.807) is 12.1 Å². The molecule has 0 unspecified atom stereocenters. The maximum atomic E-state index is 11.0. The molecule has 0 saturated heterocycles. The van der Waals surface area contributed by atoms with E-state index >= 15 is 0 Å². The third kappa shape index (κ3) is 3.96. The topological polar surface area (TPSA) is 26.3 Å². The first-order chi connectivity index (χ1) is 9.06. The normalized spacial score (nSPS) is 10.3. The van der Waals surface area contributed by atoms with Gasteiger partial charge in [0, 0.05) is 10.0 Å². The maximum Gasteiger partial charge on any atom is 0.252 e. The van der Waals surface area contributed by atoms with Gasteiger partial charge in [-0.2, -0.15) is 0 Å². The summed E-state index contributed by atoms with van der Waals surface area (Å²) in [4.78, 5) is 11.0. The first-order valence-electron chi connectivity index (χ1n) is 5.43. The summed E-state index contributed by atoms with van der Waals surface area (Å²) in [6.07, 6.45) is 0. The van der Waals surface area contributed by atoms with Crippen molar-refractivity contribution in [3.8, 4) is 5.75 Å². The molecule has 19 heavy (non-hydrogen) atoms. The van der Waals surface area contributed by atoms with E-state index in [0.717, 1.165) is 10.0 Å². The summed E-state index contributed by atoms with van der Waals surface area (Å²) in [5.74, 6) is 0.517.